The number of esters is 1. The van der Waals surface area contributed by atoms with E-state index in [-0.39, 0.29) is 5.82 Å². The molecule has 0 aliphatic carbocycles. The van der Waals surface area contributed by atoms with Crippen LogP contribution in [0.2, 0.25) is 0 Å². The summed E-state index contributed by atoms with van der Waals surface area (Å²) in [5.74, 6) is -0.211. The molecule has 2 aromatic rings. The van der Waals surface area contributed by atoms with Crippen molar-refractivity contribution >= 4 is 5.97 Å². The fraction of sp³-hybridized carbons (Fsp3) is 0.250. The van der Waals surface area contributed by atoms with Crippen LogP contribution in [-0.4, -0.2) is 27.3 Å². The van der Waals surface area contributed by atoms with Crippen LogP contribution in [0.1, 0.15) is 23.1 Å². The van der Waals surface area contributed by atoms with E-state index in [4.69, 9.17) is 4.74 Å². The molecule has 0 saturated carbocycles. The fourth-order valence-corrected chi connectivity index (χ4v) is 1.50. The van der Waals surface area contributed by atoms with Crippen molar-refractivity contribution in [3.8, 4) is 0 Å². The predicted octanol–water partition coefficient (Wildman–Crippen LogP) is 1.50. The second kappa shape index (κ2) is 5.25. The first-order valence-electron chi connectivity index (χ1n) is 5.40. The van der Waals surface area contributed by atoms with E-state index in [2.05, 4.69) is 10.2 Å². The van der Waals surface area contributed by atoms with Gasteiger partial charge in [0.15, 0.2) is 0 Å². The zero-order chi connectivity index (χ0) is 12.1. The minimum Gasteiger partial charge on any atom is -0.460 e. The molecule has 0 saturated heterocycles. The van der Waals surface area contributed by atoms with Gasteiger partial charge in [-0.15, -0.1) is 10.2 Å². The summed E-state index contributed by atoms with van der Waals surface area (Å²) in [5.41, 5.74) is 1.08. The molecule has 0 amide bonds. The minimum atomic E-state index is -0.444. The van der Waals surface area contributed by atoms with E-state index < -0.39 is 5.97 Å². The second-order valence-corrected chi connectivity index (χ2v) is 3.49. The fourth-order valence-electron chi connectivity index (χ4n) is 1.50. The molecule has 0 aliphatic heterocycles. The topological polar surface area (TPSA) is 57.0 Å². The molecule has 17 heavy (non-hydrogen) atoms. The Morgan fingerprint density at radius 1 is 1.35 bits per heavy atom. The lowest BCUT2D eigenvalue weighted by molar-refractivity contribution is 0.0506. The molecule has 1 aromatic carbocycles. The molecule has 0 radical (unpaired) electrons. The summed E-state index contributed by atoms with van der Waals surface area (Å²) in [6.07, 6.45) is 1.53. The van der Waals surface area contributed by atoms with Crippen molar-refractivity contribution < 1.29 is 9.53 Å². The van der Waals surface area contributed by atoms with Crippen molar-refractivity contribution in [3.05, 3.63) is 48.0 Å². The van der Waals surface area contributed by atoms with Gasteiger partial charge in [-0.2, -0.15) is 0 Å². The Balaban J connectivity index is 2.17. The monoisotopic (exact) mass is 231 g/mol. The van der Waals surface area contributed by atoms with Crippen LogP contribution in [0.4, 0.5) is 0 Å². The average molecular weight is 231 g/mol. The van der Waals surface area contributed by atoms with Crippen LogP contribution in [0.5, 0.6) is 0 Å². The maximum Gasteiger partial charge on any atom is 0.376 e. The number of hydrogen-bond donors (Lipinski definition) is 0. The number of rotatable bonds is 4. The van der Waals surface area contributed by atoms with Crippen LogP contribution in [-0.2, 0) is 11.3 Å². The van der Waals surface area contributed by atoms with E-state index in [9.17, 15) is 4.79 Å². The second-order valence-electron chi connectivity index (χ2n) is 3.49. The molecule has 5 heteroatoms. The molecule has 0 atom stereocenters. The van der Waals surface area contributed by atoms with Gasteiger partial charge in [0.05, 0.1) is 13.2 Å². The van der Waals surface area contributed by atoms with E-state index in [0.717, 1.165) is 5.56 Å². The largest absolute Gasteiger partial charge is 0.460 e. The number of aromatic nitrogens is 3. The van der Waals surface area contributed by atoms with Crippen molar-refractivity contribution in [1.82, 2.24) is 14.8 Å². The molecule has 5 nitrogen and oxygen atoms in total. The molecule has 2 rings (SSSR count). The number of nitrogens with zero attached hydrogens (tertiary/aromatic N) is 3. The SMILES string of the molecule is CCOC(=O)c1nncn1Cc1ccccc1. The van der Waals surface area contributed by atoms with E-state index in [1.54, 1.807) is 11.5 Å². The molecule has 1 aromatic heterocycles. The molecular weight excluding hydrogens is 218 g/mol. The van der Waals surface area contributed by atoms with E-state index >= 15 is 0 Å². The van der Waals surface area contributed by atoms with Crippen LogP contribution in [0, 0.1) is 0 Å². The van der Waals surface area contributed by atoms with Crippen LogP contribution < -0.4 is 0 Å². The molecule has 0 N–H and O–H groups in total. The lowest BCUT2D eigenvalue weighted by Gasteiger charge is -2.05. The zero-order valence-corrected chi connectivity index (χ0v) is 9.54. The Labute approximate surface area is 99.1 Å². The molecule has 88 valence electrons. The van der Waals surface area contributed by atoms with Crippen molar-refractivity contribution in [2.45, 2.75) is 13.5 Å². The van der Waals surface area contributed by atoms with Gasteiger partial charge >= 0.3 is 5.97 Å². The first-order valence-corrected chi connectivity index (χ1v) is 5.40. The lowest BCUT2D eigenvalue weighted by Crippen LogP contribution is -2.13. The minimum absolute atomic E-state index is 0.232. The van der Waals surface area contributed by atoms with Crippen molar-refractivity contribution in [1.29, 1.82) is 0 Å². The zero-order valence-electron chi connectivity index (χ0n) is 9.54. The van der Waals surface area contributed by atoms with Gasteiger partial charge < -0.3 is 9.30 Å². The van der Waals surface area contributed by atoms with E-state index in [1.165, 1.54) is 6.33 Å². The maximum absolute atomic E-state index is 11.6. The summed E-state index contributed by atoms with van der Waals surface area (Å²) in [6, 6.07) is 9.80. The van der Waals surface area contributed by atoms with Gasteiger partial charge in [-0.05, 0) is 12.5 Å². The molecule has 0 fully saturated rings. The van der Waals surface area contributed by atoms with Crippen LogP contribution in [0.3, 0.4) is 0 Å². The van der Waals surface area contributed by atoms with Gasteiger partial charge in [0, 0.05) is 0 Å². The first-order chi connectivity index (χ1) is 8.31. The normalized spacial score (nSPS) is 10.2. The molecular formula is C12H13N3O2. The average Bonchev–Trinajstić information content (AvgIpc) is 2.79. The quantitative estimate of drug-likeness (QED) is 0.748. The molecule has 0 unspecified atom stereocenters. The Bertz CT molecular complexity index is 493. The van der Waals surface area contributed by atoms with Crippen molar-refractivity contribution in [3.63, 3.8) is 0 Å². The third kappa shape index (κ3) is 2.69. The lowest BCUT2D eigenvalue weighted by atomic mass is 10.2. The highest BCUT2D eigenvalue weighted by molar-refractivity contribution is 5.85. The molecule has 0 aliphatic rings. The van der Waals surface area contributed by atoms with Gasteiger partial charge in [0.25, 0.3) is 0 Å². The Hall–Kier alpha value is -2.17. The Kier molecular flexibility index (Phi) is 3.49. The molecule has 0 bridgehead atoms. The number of benzene rings is 1. The Morgan fingerprint density at radius 2 is 2.12 bits per heavy atom. The summed E-state index contributed by atoms with van der Waals surface area (Å²) in [4.78, 5) is 11.6. The van der Waals surface area contributed by atoms with E-state index in [1.807, 2.05) is 30.3 Å². The highest BCUT2D eigenvalue weighted by atomic mass is 16.5. The summed E-state index contributed by atoms with van der Waals surface area (Å²) in [5, 5.41) is 7.50. The molecule has 1 heterocycles. The highest BCUT2D eigenvalue weighted by Gasteiger charge is 2.14. The highest BCUT2D eigenvalue weighted by Crippen LogP contribution is 2.05. The van der Waals surface area contributed by atoms with E-state index in [0.29, 0.717) is 13.2 Å². The Morgan fingerprint density at radius 3 is 2.82 bits per heavy atom. The number of ether oxygens (including phenoxy) is 1. The van der Waals surface area contributed by atoms with Crippen molar-refractivity contribution in [2.24, 2.45) is 0 Å². The van der Waals surface area contributed by atoms with Crippen LogP contribution in [0.25, 0.3) is 0 Å². The maximum atomic E-state index is 11.6. The number of hydrogen-bond acceptors (Lipinski definition) is 4. The number of carbonyl (C=O) groups is 1. The van der Waals surface area contributed by atoms with Gasteiger partial charge in [0.1, 0.15) is 6.33 Å². The first kappa shape index (κ1) is 11.3. The van der Waals surface area contributed by atoms with Crippen LogP contribution in [0.15, 0.2) is 36.7 Å². The van der Waals surface area contributed by atoms with Crippen molar-refractivity contribution in [2.75, 3.05) is 6.61 Å². The summed E-state index contributed by atoms with van der Waals surface area (Å²) >= 11 is 0. The van der Waals surface area contributed by atoms with Gasteiger partial charge in [0.2, 0.25) is 5.82 Å². The third-order valence-corrected chi connectivity index (χ3v) is 2.27. The predicted molar refractivity (Wildman–Crippen MR) is 61.5 cm³/mol. The standard InChI is InChI=1S/C12H13N3O2/c1-2-17-12(16)11-14-13-9-15(11)8-10-6-4-3-5-7-10/h3-7,9H,2,8H2,1H3. The van der Waals surface area contributed by atoms with Crippen LogP contribution >= 0.6 is 0 Å². The third-order valence-electron chi connectivity index (χ3n) is 2.27. The number of carbonyl (C=O) groups excluding carboxylic acids is 1. The van der Waals surface area contributed by atoms with Gasteiger partial charge in [-0.1, -0.05) is 30.3 Å². The smallest absolute Gasteiger partial charge is 0.376 e. The summed E-state index contributed by atoms with van der Waals surface area (Å²) in [7, 11) is 0. The van der Waals surface area contributed by atoms with Gasteiger partial charge in [-0.25, -0.2) is 4.79 Å². The summed E-state index contributed by atoms with van der Waals surface area (Å²) in [6.45, 7) is 2.65. The van der Waals surface area contributed by atoms with Gasteiger partial charge in [-0.3, -0.25) is 0 Å². The molecule has 0 spiro atoms. The summed E-state index contributed by atoms with van der Waals surface area (Å²) < 4.78 is 6.58.